The average Bonchev–Trinajstić information content (AvgIpc) is 2.91. The van der Waals surface area contributed by atoms with E-state index >= 15 is 0 Å². The van der Waals surface area contributed by atoms with Crippen LogP contribution < -0.4 is 4.74 Å². The number of nitrogens with zero attached hydrogens (tertiary/aromatic N) is 1. The third kappa shape index (κ3) is 3.30. The molecule has 1 fully saturated rings. The molecule has 0 radical (unpaired) electrons. The van der Waals surface area contributed by atoms with E-state index in [1.54, 1.807) is 7.11 Å². The first-order chi connectivity index (χ1) is 8.70. The van der Waals surface area contributed by atoms with E-state index < -0.39 is 0 Å². The fourth-order valence-corrected chi connectivity index (χ4v) is 2.79. The molecule has 1 aliphatic heterocycles. The third-order valence-corrected chi connectivity index (χ3v) is 3.88. The van der Waals surface area contributed by atoms with Gasteiger partial charge < -0.3 is 9.64 Å². The van der Waals surface area contributed by atoms with Crippen LogP contribution in [0.25, 0.3) is 0 Å². The molecule has 2 atom stereocenters. The molecule has 1 heterocycles. The van der Waals surface area contributed by atoms with E-state index in [1.165, 1.54) is 12.8 Å². The quantitative estimate of drug-likeness (QED) is 0.604. The van der Waals surface area contributed by atoms with E-state index in [4.69, 9.17) is 4.74 Å². The molecule has 0 amide bonds. The second kappa shape index (κ2) is 6.31. The Kier molecular flexibility index (Phi) is 4.73. The van der Waals surface area contributed by atoms with Crippen molar-refractivity contribution >= 4 is 15.0 Å². The molecule has 0 aromatic heterocycles. The van der Waals surface area contributed by atoms with Crippen LogP contribution in [0.3, 0.4) is 0 Å². The van der Waals surface area contributed by atoms with Gasteiger partial charge in [0.1, 0.15) is 5.75 Å². The molecular weight excluding hydrogens is 245 g/mol. The van der Waals surface area contributed by atoms with Crippen LogP contribution in [0.15, 0.2) is 24.3 Å². The molecule has 0 N–H and O–H groups in total. The van der Waals surface area contributed by atoms with Crippen LogP contribution >= 0.6 is 9.24 Å². The summed E-state index contributed by atoms with van der Waals surface area (Å²) in [5.74, 6) is 0.973. The first kappa shape index (κ1) is 13.5. The number of ether oxygens (including phenoxy) is 1. The van der Waals surface area contributed by atoms with Gasteiger partial charge in [-0.05, 0) is 50.2 Å². The standard InChI is InChI=1S/C14H20NO2P/c1-17-12-6-4-11(5-7-12)14(16)13(18)10-15-8-2-3-9-15/h4-7,13H,2-3,8-10,18H2,1H3. The number of benzene rings is 1. The Labute approximate surface area is 111 Å². The molecule has 1 aliphatic rings. The SMILES string of the molecule is COc1ccc(C(=O)C(P)CN2CCCC2)cc1. The topological polar surface area (TPSA) is 29.5 Å². The van der Waals surface area contributed by atoms with Crippen molar-refractivity contribution in [2.45, 2.75) is 18.5 Å². The second-order valence-electron chi connectivity index (χ2n) is 4.71. The zero-order valence-corrected chi connectivity index (χ0v) is 11.9. The van der Waals surface area contributed by atoms with E-state index in [2.05, 4.69) is 14.1 Å². The van der Waals surface area contributed by atoms with E-state index in [0.717, 1.165) is 30.9 Å². The smallest absolute Gasteiger partial charge is 0.170 e. The normalized spacial score (nSPS) is 17.7. The molecule has 1 aromatic carbocycles. The van der Waals surface area contributed by atoms with Crippen LogP contribution in [0.4, 0.5) is 0 Å². The van der Waals surface area contributed by atoms with Gasteiger partial charge in [0.25, 0.3) is 0 Å². The Bertz CT molecular complexity index is 399. The summed E-state index contributed by atoms with van der Waals surface area (Å²) < 4.78 is 5.09. The maximum atomic E-state index is 12.2. The van der Waals surface area contributed by atoms with Gasteiger partial charge >= 0.3 is 0 Å². The van der Waals surface area contributed by atoms with E-state index in [1.807, 2.05) is 24.3 Å². The Morgan fingerprint density at radius 3 is 2.50 bits per heavy atom. The Balaban J connectivity index is 1.95. The number of Topliss-reactive ketones (excluding diaryl/α,β-unsaturated/α-hetero) is 1. The Morgan fingerprint density at radius 2 is 1.94 bits per heavy atom. The Hall–Kier alpha value is -0.920. The van der Waals surface area contributed by atoms with Gasteiger partial charge in [-0.15, -0.1) is 9.24 Å². The van der Waals surface area contributed by atoms with Crippen LogP contribution in [0.5, 0.6) is 5.75 Å². The van der Waals surface area contributed by atoms with Crippen LogP contribution in [-0.4, -0.2) is 43.1 Å². The van der Waals surface area contributed by atoms with Gasteiger partial charge in [0, 0.05) is 17.8 Å². The molecule has 1 aromatic rings. The summed E-state index contributed by atoms with van der Waals surface area (Å²) in [6.45, 7) is 3.09. The first-order valence-corrected chi connectivity index (χ1v) is 7.03. The van der Waals surface area contributed by atoms with Crippen molar-refractivity contribution < 1.29 is 9.53 Å². The number of hydrogen-bond acceptors (Lipinski definition) is 3. The summed E-state index contributed by atoms with van der Waals surface area (Å²) in [5.41, 5.74) is 0.742. The molecule has 0 spiro atoms. The highest BCUT2D eigenvalue weighted by Gasteiger charge is 2.20. The number of hydrogen-bond donors (Lipinski definition) is 0. The largest absolute Gasteiger partial charge is 0.497 e. The summed E-state index contributed by atoms with van der Waals surface area (Å²) >= 11 is 0. The zero-order valence-electron chi connectivity index (χ0n) is 10.8. The number of ketones is 1. The van der Waals surface area contributed by atoms with Crippen molar-refractivity contribution in [1.82, 2.24) is 4.90 Å². The number of likely N-dealkylation sites (tertiary alicyclic amines) is 1. The van der Waals surface area contributed by atoms with Crippen molar-refractivity contribution in [2.24, 2.45) is 0 Å². The highest BCUT2D eigenvalue weighted by molar-refractivity contribution is 7.19. The van der Waals surface area contributed by atoms with Gasteiger partial charge in [-0.3, -0.25) is 4.79 Å². The van der Waals surface area contributed by atoms with E-state index in [0.29, 0.717) is 0 Å². The molecule has 1 saturated heterocycles. The monoisotopic (exact) mass is 265 g/mol. The lowest BCUT2D eigenvalue weighted by molar-refractivity contribution is 0.0976. The van der Waals surface area contributed by atoms with Gasteiger partial charge in [-0.25, -0.2) is 0 Å². The highest BCUT2D eigenvalue weighted by atomic mass is 31.0. The van der Waals surface area contributed by atoms with Gasteiger partial charge in [0.2, 0.25) is 0 Å². The minimum Gasteiger partial charge on any atom is -0.497 e. The van der Waals surface area contributed by atoms with Gasteiger partial charge in [-0.1, -0.05) is 0 Å². The minimum atomic E-state index is -0.0171. The molecular formula is C14H20NO2P. The van der Waals surface area contributed by atoms with Crippen LogP contribution in [-0.2, 0) is 0 Å². The van der Waals surface area contributed by atoms with Crippen LogP contribution in [0, 0.1) is 0 Å². The lowest BCUT2D eigenvalue weighted by Crippen LogP contribution is -2.31. The summed E-state index contributed by atoms with van der Waals surface area (Å²) in [7, 11) is 4.31. The van der Waals surface area contributed by atoms with Crippen molar-refractivity contribution in [1.29, 1.82) is 0 Å². The predicted molar refractivity (Wildman–Crippen MR) is 76.5 cm³/mol. The van der Waals surface area contributed by atoms with Gasteiger partial charge in [-0.2, -0.15) is 0 Å². The summed E-state index contributed by atoms with van der Waals surface area (Å²) in [6.07, 6.45) is 2.52. The van der Waals surface area contributed by atoms with E-state index in [9.17, 15) is 4.79 Å². The molecule has 0 bridgehead atoms. The van der Waals surface area contributed by atoms with E-state index in [-0.39, 0.29) is 11.4 Å². The molecule has 2 unspecified atom stereocenters. The van der Waals surface area contributed by atoms with Crippen molar-refractivity contribution in [2.75, 3.05) is 26.7 Å². The second-order valence-corrected chi connectivity index (χ2v) is 5.51. The third-order valence-electron chi connectivity index (χ3n) is 3.36. The predicted octanol–water partition coefficient (Wildman–Crippen LogP) is 2.22. The molecule has 0 saturated carbocycles. The maximum absolute atomic E-state index is 12.2. The zero-order chi connectivity index (χ0) is 13.0. The summed E-state index contributed by atoms with van der Waals surface area (Å²) in [5, 5.41) is 0. The van der Waals surface area contributed by atoms with Crippen LogP contribution in [0.1, 0.15) is 23.2 Å². The van der Waals surface area contributed by atoms with Crippen molar-refractivity contribution in [3.63, 3.8) is 0 Å². The van der Waals surface area contributed by atoms with Gasteiger partial charge in [0.15, 0.2) is 5.78 Å². The number of carbonyl (C=O) groups is 1. The number of rotatable bonds is 5. The number of methoxy groups -OCH3 is 1. The average molecular weight is 265 g/mol. The highest BCUT2D eigenvalue weighted by Crippen LogP contribution is 2.18. The summed E-state index contributed by atoms with van der Waals surface area (Å²) in [6, 6.07) is 7.34. The molecule has 3 nitrogen and oxygen atoms in total. The fraction of sp³-hybridized carbons (Fsp3) is 0.500. The molecule has 2 rings (SSSR count). The lowest BCUT2D eigenvalue weighted by atomic mass is 10.1. The molecule has 18 heavy (non-hydrogen) atoms. The molecule has 4 heteroatoms. The first-order valence-electron chi connectivity index (χ1n) is 6.37. The lowest BCUT2D eigenvalue weighted by Gasteiger charge is -2.19. The van der Waals surface area contributed by atoms with Gasteiger partial charge in [0.05, 0.1) is 7.11 Å². The maximum Gasteiger partial charge on any atom is 0.170 e. The fourth-order valence-electron chi connectivity index (χ4n) is 2.30. The number of carbonyl (C=O) groups excluding carboxylic acids is 1. The van der Waals surface area contributed by atoms with Crippen LogP contribution in [0.2, 0.25) is 0 Å². The van der Waals surface area contributed by atoms with Crippen molar-refractivity contribution in [3.8, 4) is 5.75 Å². The molecule has 98 valence electrons. The molecule has 0 aliphatic carbocycles. The van der Waals surface area contributed by atoms with Crippen molar-refractivity contribution in [3.05, 3.63) is 29.8 Å². The minimum absolute atomic E-state index is 0.0171. The summed E-state index contributed by atoms with van der Waals surface area (Å²) in [4.78, 5) is 14.6. The Morgan fingerprint density at radius 1 is 1.33 bits per heavy atom.